The number of fused-ring (bicyclic) bond motifs is 1. The van der Waals surface area contributed by atoms with E-state index in [2.05, 4.69) is 23.4 Å². The Morgan fingerprint density at radius 3 is 2.73 bits per heavy atom. The van der Waals surface area contributed by atoms with E-state index in [4.69, 9.17) is 10.5 Å². The van der Waals surface area contributed by atoms with Gasteiger partial charge in [-0.1, -0.05) is 13.0 Å². The minimum Gasteiger partial charge on any atom is -0.448 e. The molecule has 3 atom stereocenters. The second kappa shape index (κ2) is 8.10. The normalized spacial score (nSPS) is 23.1. The van der Waals surface area contributed by atoms with E-state index in [1.54, 1.807) is 17.8 Å². The van der Waals surface area contributed by atoms with Crippen molar-refractivity contribution in [1.29, 1.82) is 0 Å². The minimum atomic E-state index is -0.459. The van der Waals surface area contributed by atoms with Gasteiger partial charge in [0.1, 0.15) is 6.61 Å². The van der Waals surface area contributed by atoms with Gasteiger partial charge in [0.25, 0.3) is 0 Å². The average molecular weight is 412 g/mol. The maximum Gasteiger partial charge on any atom is 0.406 e. The van der Waals surface area contributed by atoms with E-state index in [-0.39, 0.29) is 30.5 Å². The molecule has 1 aromatic heterocycles. The van der Waals surface area contributed by atoms with Crippen molar-refractivity contribution in [2.24, 2.45) is 17.6 Å². The summed E-state index contributed by atoms with van der Waals surface area (Å²) in [6.45, 7) is 4.50. The van der Waals surface area contributed by atoms with E-state index in [1.165, 1.54) is 19.9 Å². The molecule has 1 saturated carbocycles. The van der Waals surface area contributed by atoms with E-state index in [1.807, 2.05) is 23.2 Å². The van der Waals surface area contributed by atoms with Crippen molar-refractivity contribution < 1.29 is 14.3 Å². The highest BCUT2D eigenvalue weighted by atomic mass is 16.5. The molecule has 0 spiro atoms. The van der Waals surface area contributed by atoms with E-state index < -0.39 is 6.09 Å². The average Bonchev–Trinajstić information content (AvgIpc) is 3.47. The lowest BCUT2D eigenvalue weighted by molar-refractivity contribution is -0.117. The van der Waals surface area contributed by atoms with Crippen LogP contribution in [0.2, 0.25) is 0 Å². The molecule has 1 aliphatic carbocycles. The number of rotatable bonds is 5. The van der Waals surface area contributed by atoms with Gasteiger partial charge in [0.15, 0.2) is 0 Å². The summed E-state index contributed by atoms with van der Waals surface area (Å²) in [4.78, 5) is 25.6. The third-order valence-electron chi connectivity index (χ3n) is 6.22. The number of aromatic nitrogens is 2. The van der Waals surface area contributed by atoms with Gasteiger partial charge in [0.05, 0.1) is 12.7 Å². The molecular formula is C22H29N5O3. The van der Waals surface area contributed by atoms with E-state index >= 15 is 0 Å². The summed E-state index contributed by atoms with van der Waals surface area (Å²) < 4.78 is 6.76. The van der Waals surface area contributed by atoms with Gasteiger partial charge in [-0.05, 0) is 47.9 Å². The van der Waals surface area contributed by atoms with Crippen molar-refractivity contribution in [1.82, 2.24) is 15.1 Å². The number of hydrogen-bond donors (Lipinski definition) is 2. The maximum absolute atomic E-state index is 12.5. The number of alkyl carbamates (subject to hydrolysis) is 1. The highest BCUT2D eigenvalue weighted by molar-refractivity contribution is 5.94. The Morgan fingerprint density at radius 1 is 1.30 bits per heavy atom. The van der Waals surface area contributed by atoms with Crippen LogP contribution in [-0.2, 0) is 16.1 Å². The molecule has 1 aliphatic heterocycles. The van der Waals surface area contributed by atoms with Crippen molar-refractivity contribution in [2.45, 2.75) is 45.3 Å². The number of nitrogens with one attached hydrogen (secondary N) is 1. The van der Waals surface area contributed by atoms with Gasteiger partial charge in [-0.3, -0.25) is 9.48 Å². The third kappa shape index (κ3) is 3.79. The number of carbonyl (C=O) groups is 2. The van der Waals surface area contributed by atoms with Crippen LogP contribution in [0.1, 0.15) is 38.3 Å². The molecule has 2 aliphatic rings. The number of benzene rings is 1. The summed E-state index contributed by atoms with van der Waals surface area (Å²) >= 11 is 0. The first-order chi connectivity index (χ1) is 14.4. The zero-order valence-corrected chi connectivity index (χ0v) is 17.7. The van der Waals surface area contributed by atoms with Crippen LogP contribution in [0.4, 0.5) is 10.5 Å². The molecule has 2 heterocycles. The van der Waals surface area contributed by atoms with Crippen LogP contribution in [0, 0.1) is 11.8 Å². The molecule has 0 unspecified atom stereocenters. The van der Waals surface area contributed by atoms with Crippen LogP contribution in [0.3, 0.4) is 0 Å². The number of ether oxygens (including phenoxy) is 1. The van der Waals surface area contributed by atoms with Gasteiger partial charge < -0.3 is 20.7 Å². The van der Waals surface area contributed by atoms with E-state index in [0.29, 0.717) is 12.5 Å². The first kappa shape index (κ1) is 20.4. The van der Waals surface area contributed by atoms with Crippen LogP contribution < -0.4 is 16.0 Å². The second-order valence-corrected chi connectivity index (χ2v) is 8.25. The topological polar surface area (TPSA) is 102 Å². The lowest BCUT2D eigenvalue weighted by Gasteiger charge is -2.44. The van der Waals surface area contributed by atoms with Crippen LogP contribution in [0.25, 0.3) is 11.1 Å². The molecule has 2 amide bonds. The summed E-state index contributed by atoms with van der Waals surface area (Å²) in [7, 11) is 1.52. The Hall–Kier alpha value is -2.87. The zero-order chi connectivity index (χ0) is 21.4. The number of nitrogens with zero attached hydrogens (tertiary/aromatic N) is 3. The summed E-state index contributed by atoms with van der Waals surface area (Å²) in [5.41, 5.74) is 10.5. The fourth-order valence-corrected chi connectivity index (χ4v) is 4.51. The van der Waals surface area contributed by atoms with Gasteiger partial charge in [0, 0.05) is 43.5 Å². The monoisotopic (exact) mass is 411 g/mol. The van der Waals surface area contributed by atoms with Gasteiger partial charge in [-0.15, -0.1) is 0 Å². The molecule has 0 saturated heterocycles. The Labute approximate surface area is 176 Å². The third-order valence-corrected chi connectivity index (χ3v) is 6.22. The number of anilines is 1. The molecule has 160 valence electrons. The second-order valence-electron chi connectivity index (χ2n) is 8.25. The van der Waals surface area contributed by atoms with Gasteiger partial charge in [-0.25, -0.2) is 4.79 Å². The molecule has 4 rings (SSSR count). The van der Waals surface area contributed by atoms with Crippen molar-refractivity contribution >= 4 is 17.7 Å². The maximum atomic E-state index is 12.5. The summed E-state index contributed by atoms with van der Waals surface area (Å²) in [6.07, 6.45) is 5.58. The quantitative estimate of drug-likeness (QED) is 0.788. The van der Waals surface area contributed by atoms with Crippen molar-refractivity contribution in [2.75, 3.05) is 18.6 Å². The Morgan fingerprint density at radius 2 is 2.07 bits per heavy atom. The molecule has 0 bridgehead atoms. The molecular weight excluding hydrogens is 382 g/mol. The number of carbonyl (C=O) groups excluding carboxylic acids is 2. The molecule has 0 radical (unpaired) electrons. The summed E-state index contributed by atoms with van der Waals surface area (Å²) in [5, 5.41) is 6.77. The van der Waals surface area contributed by atoms with E-state index in [0.717, 1.165) is 22.4 Å². The molecule has 1 fully saturated rings. The van der Waals surface area contributed by atoms with Gasteiger partial charge >= 0.3 is 6.09 Å². The lowest BCUT2D eigenvalue weighted by Crippen LogP contribution is -2.51. The lowest BCUT2D eigenvalue weighted by atomic mass is 9.80. The predicted molar refractivity (Wildman–Crippen MR) is 114 cm³/mol. The molecule has 2 aromatic rings. The predicted octanol–water partition coefficient (Wildman–Crippen LogP) is 2.69. The van der Waals surface area contributed by atoms with Crippen LogP contribution in [-0.4, -0.2) is 41.5 Å². The van der Waals surface area contributed by atoms with E-state index in [9.17, 15) is 9.59 Å². The fourth-order valence-electron chi connectivity index (χ4n) is 4.51. The minimum absolute atomic E-state index is 0.0728. The number of hydrogen-bond acceptors (Lipinski definition) is 5. The molecule has 3 N–H and O–H groups in total. The van der Waals surface area contributed by atoms with Crippen LogP contribution in [0.5, 0.6) is 0 Å². The summed E-state index contributed by atoms with van der Waals surface area (Å²) in [5.74, 6) is 0.829. The first-order valence-electron chi connectivity index (χ1n) is 10.5. The highest BCUT2D eigenvalue weighted by Crippen LogP contribution is 2.48. The Kier molecular flexibility index (Phi) is 5.51. The Balaban J connectivity index is 1.58. The van der Waals surface area contributed by atoms with Gasteiger partial charge in [0.2, 0.25) is 5.91 Å². The highest BCUT2D eigenvalue weighted by Gasteiger charge is 2.46. The smallest absolute Gasteiger partial charge is 0.406 e. The molecule has 1 aromatic carbocycles. The number of amides is 2. The van der Waals surface area contributed by atoms with Crippen molar-refractivity contribution in [3.05, 3.63) is 36.2 Å². The largest absolute Gasteiger partial charge is 0.448 e. The fraction of sp³-hybridized carbons (Fsp3) is 0.500. The first-order valence-corrected chi connectivity index (χ1v) is 10.5. The van der Waals surface area contributed by atoms with Crippen LogP contribution >= 0.6 is 0 Å². The van der Waals surface area contributed by atoms with Crippen molar-refractivity contribution in [3.63, 3.8) is 0 Å². The zero-order valence-electron chi connectivity index (χ0n) is 17.7. The summed E-state index contributed by atoms with van der Waals surface area (Å²) in [6, 6.07) is 6.18. The standard InChI is InChI=1S/C22H29N5O3/c1-13-20(23)18-10-16(17-11-25-26(12-17)8-9-30-22(29)24-3)6-7-19(18)27(14(2)28)21(13)15-4-5-15/h6-7,10-13,15,20-21H,4-5,8-9,23H2,1-3H3,(H,24,29)/t13-,20-,21-/m1/s1. The number of nitrogens with two attached hydrogens (primary N) is 1. The van der Waals surface area contributed by atoms with Crippen LogP contribution in [0.15, 0.2) is 30.6 Å². The molecule has 8 nitrogen and oxygen atoms in total. The SMILES string of the molecule is CNC(=O)OCCn1cc(-c2ccc3c(c2)[C@H](N)[C@@H](C)[C@H](C2CC2)N3C(C)=O)cn1. The Bertz CT molecular complexity index is 952. The molecule has 30 heavy (non-hydrogen) atoms. The molecule has 8 heteroatoms. The van der Waals surface area contributed by atoms with Gasteiger partial charge in [-0.2, -0.15) is 5.10 Å². The van der Waals surface area contributed by atoms with Crippen molar-refractivity contribution in [3.8, 4) is 11.1 Å².